The lowest BCUT2D eigenvalue weighted by molar-refractivity contribution is -0.289. The summed E-state index contributed by atoms with van der Waals surface area (Å²) in [6.45, 7) is 72.9. The van der Waals surface area contributed by atoms with Crippen LogP contribution in [0.1, 0.15) is 263 Å². The Bertz CT molecular complexity index is 2740. The van der Waals surface area contributed by atoms with Crippen molar-refractivity contribution in [1.82, 2.24) is 44.9 Å². The monoisotopic (exact) mass is 1790 g/mol. The number of sulfone groups is 1. The van der Waals surface area contributed by atoms with Crippen molar-refractivity contribution in [3.05, 3.63) is 0 Å². The number of hydrogen-bond acceptors (Lipinski definition) is 29. The number of nitrogens with one attached hydrogen (secondary N) is 2. The van der Waals surface area contributed by atoms with Crippen LogP contribution in [0.3, 0.4) is 0 Å². The third kappa shape index (κ3) is 37.3. The largest absolute Gasteiger partial charge is 0.389 e. The molecule has 9 aliphatic heterocycles. The van der Waals surface area contributed by atoms with Gasteiger partial charge in [0.2, 0.25) is 0 Å². The zero-order valence-corrected chi connectivity index (χ0v) is 84.8. The number of ether oxygens (including phenoxy) is 2. The minimum absolute atomic E-state index is 0.216. The fourth-order valence-electron chi connectivity index (χ4n) is 21.4. The molecule has 30 heteroatoms. The molecule has 11 fully saturated rings. The van der Waals surface area contributed by atoms with E-state index in [4.69, 9.17) is 78.3 Å². The molecule has 9 heterocycles. The predicted octanol–water partition coefficient (Wildman–Crippen LogP) is 4.39. The molecule has 0 aromatic carbocycles. The van der Waals surface area contributed by atoms with Crippen LogP contribution in [0.5, 0.6) is 0 Å². The molecule has 740 valence electrons. The van der Waals surface area contributed by atoms with Gasteiger partial charge in [0, 0.05) is 206 Å². The summed E-state index contributed by atoms with van der Waals surface area (Å²) in [5.74, 6) is 7.19. The number of hydrogen-bond donors (Lipinski definition) is 18. The third-order valence-electron chi connectivity index (χ3n) is 28.8. The first-order chi connectivity index (χ1) is 57.8. The lowest BCUT2D eigenvalue weighted by atomic mass is 9.78. The average Bonchev–Trinajstić information content (AvgIpc) is 1.62. The maximum Gasteiger partial charge on any atom is 0.176 e. The topological polar surface area (TPSA) is 492 Å². The highest BCUT2D eigenvalue weighted by Crippen LogP contribution is 2.48. The summed E-state index contributed by atoms with van der Waals surface area (Å²) in [6, 6.07) is 7.03. The molecule has 0 aromatic heterocycles. The van der Waals surface area contributed by atoms with Crippen LogP contribution in [-0.2, 0) is 19.3 Å². The Labute approximate surface area is 759 Å². The van der Waals surface area contributed by atoms with Crippen LogP contribution in [-0.4, -0.2) is 348 Å². The van der Waals surface area contributed by atoms with Crippen LogP contribution in [0, 0.1) is 53.3 Å². The fourth-order valence-corrected chi connectivity index (χ4v) is 23.5. The summed E-state index contributed by atoms with van der Waals surface area (Å²) in [5.41, 5.74) is 69.6. The molecule has 2 saturated carbocycles. The van der Waals surface area contributed by atoms with Crippen molar-refractivity contribution >= 4 is 9.84 Å². The Morgan fingerprint density at radius 2 is 0.871 bits per heavy atom. The van der Waals surface area contributed by atoms with E-state index < -0.39 is 70.9 Å². The van der Waals surface area contributed by atoms with Crippen molar-refractivity contribution in [2.45, 2.75) is 437 Å². The molecule has 29 nitrogen and oxygen atoms in total. The van der Waals surface area contributed by atoms with Crippen molar-refractivity contribution in [3.63, 3.8) is 0 Å². The maximum absolute atomic E-state index is 12.0. The zero-order chi connectivity index (χ0) is 94.4. The normalized spacial score (nSPS) is 37.6. The quantitative estimate of drug-likeness (QED) is 0.0714. The number of aliphatic hydroxyl groups is 4. The first-order valence-corrected chi connectivity index (χ1v) is 51.2. The second-order valence-electron chi connectivity index (χ2n) is 43.1. The molecule has 0 spiro atoms. The number of aliphatic hydroxyl groups excluding tert-OH is 4. The SMILES string of the molecule is CC(C)(C)NC[C@H]1O[C@H](OC2C(O)C(O)[C@H](N)C[C@@H]2N)C(N)C(O)C1O.CC(C)N1C[C@@H](C)C[C@H](N)C1.CC(C)N1C[C@@H](N)C[C@H]1CN.CC(C)N1C[C@H](C)C[C@H](N)C1.CC(C)N[C@@H]1C[C@H](C)C[C@H](N)C1.CCC1C(CN)C2CCC1N2C(C)C.CCC1CN(C(C)C)CC(CN)S1(=O)=O.CC[C@@H]1CN(C(C)C)C[C@H]1CN.CC[C@H]1CN(C(C)C)C[C@@H]1CN. The van der Waals surface area contributed by atoms with E-state index in [1.807, 2.05) is 27.7 Å². The zero-order valence-electron chi connectivity index (χ0n) is 84.0. The minimum atomic E-state index is -3.00. The molecule has 0 radical (unpaired) electrons. The molecule has 0 aromatic rings. The standard InChI is InChI=1S/C16H34N4O6.C12H24N2.C10H22N2O2S.3C10H22N2.2C9H20N2.C8H19N3/c1-16(2,3)20-5-8-11(22)12(23)9(19)15(25-8)26-14-7(18)4-6(17)10(21)13(14)24;1-4-9-10(7-13)12-6-5-11(9)14(12)8(2)3;1-4-9-6-12(8(2)3)7-10(5-11)15(9,13)14;1-7(2)12-10-5-8(3)4-9(11)6-10;2*1-4-9-6-12(8(2)3)7-10(9)5-11;2*1-7(2)11-5-8(3)4-9(10)6-11;1-6(2)11-5-7(10)3-8(11)4-9/h6-15,20-24H,4-5,17-19H2,1-3H3;8-12H,4-7,13H2,1-3H3;8-10H,4-7,11H2,1-3H3;7-10,12H,4-6,11H2,1-3H3;2*8-10H,4-7,11H2,1-3H3;2*7-9H,4-6,10H2,1-3H3;6-8H,3-5,9-10H2,1-2H3/t6-,7+,8-,9?,10?,11?,12?,13?,14?,15-;;;8-,9+,10-;2*9-,10-;8-,9+;8-,9-;7-,8-/m1..110100/s1. The van der Waals surface area contributed by atoms with E-state index in [1.165, 1.54) is 97.1 Å². The van der Waals surface area contributed by atoms with Crippen LogP contribution in [0.25, 0.3) is 0 Å². The molecule has 0 amide bonds. The molecular formula is C94H205N21O8S. The van der Waals surface area contributed by atoms with E-state index in [-0.39, 0.29) is 35.5 Å². The molecule has 11 rings (SSSR count). The van der Waals surface area contributed by atoms with Gasteiger partial charge in [0.25, 0.3) is 0 Å². The summed E-state index contributed by atoms with van der Waals surface area (Å²) >= 11 is 0. The molecule has 29 atom stereocenters. The lowest BCUT2D eigenvalue weighted by Crippen LogP contribution is -2.67. The van der Waals surface area contributed by atoms with E-state index >= 15 is 0 Å². The van der Waals surface area contributed by atoms with Crippen molar-refractivity contribution in [1.29, 1.82) is 0 Å². The van der Waals surface area contributed by atoms with Crippen molar-refractivity contribution in [3.8, 4) is 0 Å². The number of nitrogens with zero attached hydrogens (tertiary/aromatic N) is 7. The Morgan fingerprint density at radius 1 is 0.427 bits per heavy atom. The molecule has 9 saturated heterocycles. The second kappa shape index (κ2) is 56.9. The molecule has 11 aliphatic rings. The first kappa shape index (κ1) is 117. The first-order valence-electron chi connectivity index (χ1n) is 49.6. The van der Waals surface area contributed by atoms with Gasteiger partial charge in [-0.1, -0.05) is 81.6 Å². The van der Waals surface area contributed by atoms with Gasteiger partial charge in [-0.2, -0.15) is 0 Å². The highest BCUT2D eigenvalue weighted by atomic mass is 32.2. The second-order valence-corrected chi connectivity index (χ2v) is 45.6. The molecular weight excluding hydrogens is 1580 g/mol. The number of fused-ring (bicyclic) bond motifs is 2. The summed E-state index contributed by atoms with van der Waals surface area (Å²) in [7, 11) is -3.00. The van der Waals surface area contributed by atoms with Gasteiger partial charge in [-0.05, 0) is 255 Å². The van der Waals surface area contributed by atoms with E-state index in [1.54, 1.807) is 0 Å². The Hall–Kier alpha value is -1.13. The Morgan fingerprint density at radius 3 is 1.23 bits per heavy atom. The summed E-state index contributed by atoms with van der Waals surface area (Å²) in [4.78, 5) is 17.4. The van der Waals surface area contributed by atoms with Crippen LogP contribution in [0.2, 0.25) is 0 Å². The van der Waals surface area contributed by atoms with Crippen LogP contribution in [0.4, 0.5) is 0 Å². The number of likely N-dealkylation sites (tertiary alicyclic amines) is 5. The Kier molecular flexibility index (Phi) is 53.7. The molecule has 124 heavy (non-hydrogen) atoms. The van der Waals surface area contributed by atoms with E-state index in [9.17, 15) is 28.8 Å². The fraction of sp³-hybridized carbons (Fsp3) is 1.00. The van der Waals surface area contributed by atoms with Crippen LogP contribution < -0.4 is 79.4 Å². The van der Waals surface area contributed by atoms with Gasteiger partial charge in [-0.3, -0.25) is 24.5 Å². The van der Waals surface area contributed by atoms with Crippen LogP contribution >= 0.6 is 0 Å². The van der Waals surface area contributed by atoms with Gasteiger partial charge in [0.05, 0.1) is 22.6 Å². The molecule has 12 unspecified atom stereocenters. The lowest BCUT2D eigenvalue weighted by Gasteiger charge is -2.46. The van der Waals surface area contributed by atoms with E-state index in [2.05, 4.69) is 197 Å². The van der Waals surface area contributed by atoms with Crippen LogP contribution in [0.15, 0.2) is 0 Å². The van der Waals surface area contributed by atoms with Crippen molar-refractivity contribution in [2.75, 3.05) is 111 Å². The number of piperidine rings is 2. The van der Waals surface area contributed by atoms with Crippen molar-refractivity contribution in [2.24, 2.45) is 122 Å². The molecule has 2 bridgehead atoms. The molecule has 30 N–H and O–H groups in total. The summed E-state index contributed by atoms with van der Waals surface area (Å²) in [5, 5.41) is 46.8. The summed E-state index contributed by atoms with van der Waals surface area (Å²) in [6.07, 6.45) is 6.95. The Balaban J connectivity index is 0.000000366. The highest BCUT2D eigenvalue weighted by molar-refractivity contribution is 7.92. The predicted molar refractivity (Wildman–Crippen MR) is 520 cm³/mol. The average molecular weight is 1790 g/mol. The van der Waals surface area contributed by atoms with Gasteiger partial charge in [-0.25, -0.2) is 8.42 Å². The number of rotatable bonds is 22. The minimum Gasteiger partial charge on any atom is -0.389 e. The molecule has 2 aliphatic carbocycles. The maximum atomic E-state index is 12.0. The van der Waals surface area contributed by atoms with Gasteiger partial charge < -0.3 is 119 Å². The van der Waals surface area contributed by atoms with E-state index in [0.29, 0.717) is 104 Å². The summed E-state index contributed by atoms with van der Waals surface area (Å²) < 4.78 is 35.5. The van der Waals surface area contributed by atoms with Gasteiger partial charge >= 0.3 is 0 Å². The van der Waals surface area contributed by atoms with Crippen molar-refractivity contribution < 1.29 is 38.3 Å². The van der Waals surface area contributed by atoms with Gasteiger partial charge in [0.15, 0.2) is 16.1 Å². The van der Waals surface area contributed by atoms with Gasteiger partial charge in [-0.15, -0.1) is 0 Å². The van der Waals surface area contributed by atoms with E-state index in [0.717, 1.165) is 124 Å². The number of nitrogens with two attached hydrogens (primary N) is 12. The highest BCUT2D eigenvalue weighted by Gasteiger charge is 2.53. The van der Waals surface area contributed by atoms with Gasteiger partial charge in [0.1, 0.15) is 30.5 Å². The smallest absolute Gasteiger partial charge is 0.176 e. The third-order valence-corrected chi connectivity index (χ3v) is 31.5.